The van der Waals surface area contributed by atoms with Gasteiger partial charge in [0.05, 0.1) is 12.7 Å². The monoisotopic (exact) mass is 179 g/mol. The maximum absolute atomic E-state index is 5.30. The topological polar surface area (TPSA) is 35.2 Å². The van der Waals surface area contributed by atoms with E-state index in [0.717, 1.165) is 0 Å². The predicted molar refractivity (Wildman–Crippen MR) is 51.1 cm³/mol. The van der Waals surface area contributed by atoms with Crippen LogP contribution in [0.25, 0.3) is 0 Å². The van der Waals surface area contributed by atoms with Crippen molar-refractivity contribution in [3.63, 3.8) is 0 Å². The molecule has 0 aromatic heterocycles. The first kappa shape index (κ1) is 13.5. The second-order valence-corrected chi connectivity index (χ2v) is 2.61. The molecule has 0 aromatic rings. The minimum atomic E-state index is 0. The van der Waals surface area contributed by atoms with E-state index in [2.05, 4.69) is 19.9 Å². The van der Waals surface area contributed by atoms with Crippen molar-refractivity contribution in [3.05, 3.63) is 11.6 Å². The van der Waals surface area contributed by atoms with Gasteiger partial charge in [-0.05, 0) is 20.8 Å². The molecule has 0 spiro atoms. The summed E-state index contributed by atoms with van der Waals surface area (Å²) in [6, 6.07) is 0. The molecule has 2 N–H and O–H groups in total. The van der Waals surface area contributed by atoms with Crippen LogP contribution in [0.4, 0.5) is 0 Å². The SMILES string of the molecule is CC(C)=CC(C)OCCN.Cl. The molecule has 3 heteroatoms. The Morgan fingerprint density at radius 3 is 2.45 bits per heavy atom. The molecular formula is C8H18ClNO. The van der Waals surface area contributed by atoms with Crippen molar-refractivity contribution in [1.82, 2.24) is 0 Å². The molecule has 1 atom stereocenters. The second kappa shape index (κ2) is 8.05. The molecule has 0 fully saturated rings. The first-order chi connectivity index (χ1) is 4.66. The van der Waals surface area contributed by atoms with Crippen LogP contribution in [0.2, 0.25) is 0 Å². The van der Waals surface area contributed by atoms with Crippen LogP contribution in [-0.2, 0) is 4.74 Å². The summed E-state index contributed by atoms with van der Waals surface area (Å²) in [6.45, 7) is 7.37. The van der Waals surface area contributed by atoms with Crippen LogP contribution >= 0.6 is 12.4 Å². The van der Waals surface area contributed by atoms with Crippen molar-refractivity contribution >= 4 is 12.4 Å². The minimum absolute atomic E-state index is 0. The van der Waals surface area contributed by atoms with Crippen LogP contribution in [0.5, 0.6) is 0 Å². The molecular weight excluding hydrogens is 162 g/mol. The molecule has 0 rings (SSSR count). The standard InChI is InChI=1S/C8H17NO.ClH/c1-7(2)6-8(3)10-5-4-9;/h6,8H,4-5,9H2,1-3H3;1H. The van der Waals surface area contributed by atoms with Crippen molar-refractivity contribution in [2.75, 3.05) is 13.2 Å². The highest BCUT2D eigenvalue weighted by atomic mass is 35.5. The Hall–Kier alpha value is -0.0500. The molecule has 0 saturated carbocycles. The summed E-state index contributed by atoms with van der Waals surface area (Å²) in [6.07, 6.45) is 2.28. The van der Waals surface area contributed by atoms with E-state index in [1.54, 1.807) is 0 Å². The smallest absolute Gasteiger partial charge is 0.0730 e. The van der Waals surface area contributed by atoms with Gasteiger partial charge < -0.3 is 10.5 Å². The zero-order valence-corrected chi connectivity index (χ0v) is 8.28. The van der Waals surface area contributed by atoms with Crippen LogP contribution in [0, 0.1) is 0 Å². The normalized spacial score (nSPS) is 11.6. The third-order valence-corrected chi connectivity index (χ3v) is 1.07. The average molecular weight is 180 g/mol. The van der Waals surface area contributed by atoms with Crippen molar-refractivity contribution < 1.29 is 4.74 Å². The highest BCUT2D eigenvalue weighted by Crippen LogP contribution is 1.97. The van der Waals surface area contributed by atoms with E-state index in [4.69, 9.17) is 10.5 Å². The lowest BCUT2D eigenvalue weighted by molar-refractivity contribution is 0.104. The number of ether oxygens (including phenoxy) is 1. The van der Waals surface area contributed by atoms with E-state index in [9.17, 15) is 0 Å². The van der Waals surface area contributed by atoms with Gasteiger partial charge >= 0.3 is 0 Å². The third-order valence-electron chi connectivity index (χ3n) is 1.07. The molecule has 2 nitrogen and oxygen atoms in total. The summed E-state index contributed by atoms with van der Waals surface area (Å²) in [5, 5.41) is 0. The lowest BCUT2D eigenvalue weighted by Gasteiger charge is -2.07. The number of halogens is 1. The first-order valence-electron chi connectivity index (χ1n) is 3.63. The number of allylic oxidation sites excluding steroid dienone is 1. The maximum Gasteiger partial charge on any atom is 0.0730 e. The van der Waals surface area contributed by atoms with Gasteiger partial charge in [0, 0.05) is 6.54 Å². The minimum Gasteiger partial charge on any atom is -0.373 e. The van der Waals surface area contributed by atoms with Gasteiger partial charge in [0.2, 0.25) is 0 Å². The summed E-state index contributed by atoms with van der Waals surface area (Å²) >= 11 is 0. The second-order valence-electron chi connectivity index (χ2n) is 2.61. The van der Waals surface area contributed by atoms with Gasteiger partial charge in [-0.2, -0.15) is 0 Å². The Kier molecular flexibility index (Phi) is 9.90. The van der Waals surface area contributed by atoms with Gasteiger partial charge in [0.1, 0.15) is 0 Å². The summed E-state index contributed by atoms with van der Waals surface area (Å²) in [5.74, 6) is 0. The van der Waals surface area contributed by atoms with Gasteiger partial charge in [-0.1, -0.05) is 11.6 Å². The molecule has 0 aliphatic carbocycles. The van der Waals surface area contributed by atoms with Gasteiger partial charge in [-0.25, -0.2) is 0 Å². The van der Waals surface area contributed by atoms with Crippen molar-refractivity contribution in [1.29, 1.82) is 0 Å². The summed E-state index contributed by atoms with van der Waals surface area (Å²) in [5.41, 5.74) is 6.54. The van der Waals surface area contributed by atoms with Crippen molar-refractivity contribution in [2.45, 2.75) is 26.9 Å². The van der Waals surface area contributed by atoms with Gasteiger partial charge in [0.25, 0.3) is 0 Å². The molecule has 0 radical (unpaired) electrons. The van der Waals surface area contributed by atoms with Gasteiger partial charge in [-0.15, -0.1) is 12.4 Å². The molecule has 0 saturated heterocycles. The van der Waals surface area contributed by atoms with Crippen LogP contribution in [0.1, 0.15) is 20.8 Å². The molecule has 0 bridgehead atoms. The molecule has 0 aromatic carbocycles. The van der Waals surface area contributed by atoms with E-state index >= 15 is 0 Å². The fourth-order valence-electron chi connectivity index (χ4n) is 0.771. The Bertz CT molecular complexity index is 111. The molecule has 11 heavy (non-hydrogen) atoms. The van der Waals surface area contributed by atoms with Gasteiger partial charge in [-0.3, -0.25) is 0 Å². The molecule has 0 heterocycles. The van der Waals surface area contributed by atoms with Crippen LogP contribution < -0.4 is 5.73 Å². The molecule has 0 aliphatic heterocycles. The number of rotatable bonds is 4. The quantitative estimate of drug-likeness (QED) is 0.668. The lowest BCUT2D eigenvalue weighted by atomic mass is 10.2. The molecule has 0 amide bonds. The van der Waals surface area contributed by atoms with Crippen LogP contribution in [0.15, 0.2) is 11.6 Å². The number of hydrogen-bond acceptors (Lipinski definition) is 2. The summed E-state index contributed by atoms with van der Waals surface area (Å²) in [7, 11) is 0. The zero-order valence-electron chi connectivity index (χ0n) is 7.46. The van der Waals surface area contributed by atoms with Crippen molar-refractivity contribution in [2.24, 2.45) is 5.73 Å². The summed E-state index contributed by atoms with van der Waals surface area (Å²) in [4.78, 5) is 0. The van der Waals surface area contributed by atoms with Gasteiger partial charge in [0.15, 0.2) is 0 Å². The Labute approximate surface area is 75.2 Å². The Morgan fingerprint density at radius 1 is 1.55 bits per heavy atom. The third kappa shape index (κ3) is 9.95. The highest BCUT2D eigenvalue weighted by molar-refractivity contribution is 5.85. The highest BCUT2D eigenvalue weighted by Gasteiger charge is 1.94. The summed E-state index contributed by atoms with van der Waals surface area (Å²) < 4.78 is 5.30. The lowest BCUT2D eigenvalue weighted by Crippen LogP contribution is -2.13. The van der Waals surface area contributed by atoms with E-state index in [1.165, 1.54) is 5.57 Å². The average Bonchev–Trinajstić information content (AvgIpc) is 1.82. The van der Waals surface area contributed by atoms with E-state index < -0.39 is 0 Å². The molecule has 0 aliphatic rings. The largest absolute Gasteiger partial charge is 0.373 e. The fraction of sp³-hybridized carbons (Fsp3) is 0.750. The Morgan fingerprint density at radius 2 is 2.09 bits per heavy atom. The zero-order chi connectivity index (χ0) is 7.98. The van der Waals surface area contributed by atoms with E-state index in [0.29, 0.717) is 13.2 Å². The van der Waals surface area contributed by atoms with E-state index in [-0.39, 0.29) is 18.5 Å². The molecule has 1 unspecified atom stereocenters. The Balaban J connectivity index is 0. The van der Waals surface area contributed by atoms with Crippen molar-refractivity contribution in [3.8, 4) is 0 Å². The van der Waals surface area contributed by atoms with Crippen LogP contribution in [0.3, 0.4) is 0 Å². The van der Waals surface area contributed by atoms with Crippen LogP contribution in [-0.4, -0.2) is 19.3 Å². The van der Waals surface area contributed by atoms with E-state index in [1.807, 2.05) is 6.92 Å². The number of hydrogen-bond donors (Lipinski definition) is 1. The predicted octanol–water partition coefficient (Wildman–Crippen LogP) is 1.74. The first-order valence-corrected chi connectivity index (χ1v) is 3.63. The number of nitrogens with two attached hydrogens (primary N) is 1. The fourth-order valence-corrected chi connectivity index (χ4v) is 0.771. The maximum atomic E-state index is 5.30. The molecule has 68 valence electrons.